The minimum atomic E-state index is 0.0946. The predicted molar refractivity (Wildman–Crippen MR) is 158 cm³/mol. The molecule has 3 heterocycles. The summed E-state index contributed by atoms with van der Waals surface area (Å²) in [6.07, 6.45) is 7.38. The lowest BCUT2D eigenvalue weighted by Gasteiger charge is -2.42. The maximum Gasteiger partial charge on any atom is 0.253 e. The largest absolute Gasteiger partial charge is 0.342 e. The molecule has 39 heavy (non-hydrogen) atoms. The van der Waals surface area contributed by atoms with E-state index < -0.39 is 0 Å². The Balaban J connectivity index is 1.03. The number of rotatable bonds is 5. The van der Waals surface area contributed by atoms with Crippen molar-refractivity contribution < 1.29 is 9.59 Å². The molecule has 0 aliphatic carbocycles. The van der Waals surface area contributed by atoms with Gasteiger partial charge in [-0.25, -0.2) is 0 Å². The van der Waals surface area contributed by atoms with E-state index in [9.17, 15) is 9.59 Å². The van der Waals surface area contributed by atoms with Crippen molar-refractivity contribution in [3.8, 4) is 0 Å². The Labute approximate surface area is 235 Å². The van der Waals surface area contributed by atoms with Gasteiger partial charge in [0.1, 0.15) is 0 Å². The Kier molecular flexibility index (Phi) is 8.76. The van der Waals surface area contributed by atoms with Gasteiger partial charge < -0.3 is 14.7 Å². The molecule has 5 heteroatoms. The van der Waals surface area contributed by atoms with Crippen LogP contribution in [0, 0.1) is 11.8 Å². The van der Waals surface area contributed by atoms with Crippen LogP contribution in [0.1, 0.15) is 80.8 Å². The summed E-state index contributed by atoms with van der Waals surface area (Å²) in [4.78, 5) is 33.2. The molecule has 0 atom stereocenters. The number of likely N-dealkylation sites (tertiary alicyclic amines) is 3. The van der Waals surface area contributed by atoms with Crippen molar-refractivity contribution in [1.29, 1.82) is 0 Å². The monoisotopic (exact) mass is 529 g/mol. The van der Waals surface area contributed by atoms with Crippen LogP contribution in [0.5, 0.6) is 0 Å². The first-order valence-electron chi connectivity index (χ1n) is 15.2. The summed E-state index contributed by atoms with van der Waals surface area (Å²) in [5, 5.41) is 0. The Morgan fingerprint density at radius 3 is 1.90 bits per heavy atom. The van der Waals surface area contributed by atoms with Crippen molar-refractivity contribution in [3.63, 3.8) is 0 Å². The SMILES string of the molecule is CC(C)(C)c1ccc(C(=O)N2CCC(N3CCC(C(=O)N4CCC(Cc5ccccc5)CC4)CC3)CC2)cc1. The van der Waals surface area contributed by atoms with Gasteiger partial charge in [-0.3, -0.25) is 9.59 Å². The second-order valence-corrected chi connectivity index (χ2v) is 13.1. The highest BCUT2D eigenvalue weighted by molar-refractivity contribution is 5.94. The van der Waals surface area contributed by atoms with E-state index in [0.717, 1.165) is 89.8 Å². The molecule has 0 N–H and O–H groups in total. The summed E-state index contributed by atoms with van der Waals surface area (Å²) in [6, 6.07) is 19.5. The van der Waals surface area contributed by atoms with Crippen LogP contribution < -0.4 is 0 Å². The normalized spacial score (nSPS) is 20.8. The summed E-state index contributed by atoms with van der Waals surface area (Å²) < 4.78 is 0. The average molecular weight is 530 g/mol. The summed E-state index contributed by atoms with van der Waals surface area (Å²) in [6.45, 7) is 12.1. The molecule has 2 aromatic carbocycles. The zero-order chi connectivity index (χ0) is 27.4. The minimum Gasteiger partial charge on any atom is -0.342 e. The molecule has 3 fully saturated rings. The van der Waals surface area contributed by atoms with Crippen LogP contribution in [0.15, 0.2) is 54.6 Å². The fourth-order valence-corrected chi connectivity index (χ4v) is 6.80. The summed E-state index contributed by atoms with van der Waals surface area (Å²) in [7, 11) is 0. The van der Waals surface area contributed by atoms with Crippen LogP contribution >= 0.6 is 0 Å². The molecule has 3 saturated heterocycles. The molecular weight excluding hydrogens is 482 g/mol. The van der Waals surface area contributed by atoms with Crippen molar-refractivity contribution in [1.82, 2.24) is 14.7 Å². The molecule has 2 aromatic rings. The minimum absolute atomic E-state index is 0.0946. The third kappa shape index (κ3) is 6.92. The highest BCUT2D eigenvalue weighted by Gasteiger charge is 2.34. The molecular formula is C34H47N3O2. The number of nitrogens with zero attached hydrogens (tertiary/aromatic N) is 3. The molecule has 0 saturated carbocycles. The second-order valence-electron chi connectivity index (χ2n) is 13.1. The van der Waals surface area contributed by atoms with Gasteiger partial charge in [-0.15, -0.1) is 0 Å². The van der Waals surface area contributed by atoms with Crippen molar-refractivity contribution in [2.75, 3.05) is 39.3 Å². The molecule has 3 aliphatic rings. The number of benzene rings is 2. The summed E-state index contributed by atoms with van der Waals surface area (Å²) >= 11 is 0. The Morgan fingerprint density at radius 2 is 1.31 bits per heavy atom. The highest BCUT2D eigenvalue weighted by Crippen LogP contribution is 2.29. The molecule has 5 rings (SSSR count). The zero-order valence-electron chi connectivity index (χ0n) is 24.3. The average Bonchev–Trinajstić information content (AvgIpc) is 2.97. The fraction of sp³-hybridized carbons (Fsp3) is 0.588. The quantitative estimate of drug-likeness (QED) is 0.493. The van der Waals surface area contributed by atoms with E-state index in [-0.39, 0.29) is 17.2 Å². The van der Waals surface area contributed by atoms with Crippen LogP contribution in [0.2, 0.25) is 0 Å². The van der Waals surface area contributed by atoms with Crippen molar-refractivity contribution in [2.45, 2.75) is 77.2 Å². The topological polar surface area (TPSA) is 43.9 Å². The summed E-state index contributed by atoms with van der Waals surface area (Å²) in [5.74, 6) is 1.43. The number of hydrogen-bond acceptors (Lipinski definition) is 3. The lowest BCUT2D eigenvalue weighted by molar-refractivity contribution is -0.138. The van der Waals surface area contributed by atoms with E-state index in [1.54, 1.807) is 0 Å². The van der Waals surface area contributed by atoms with Gasteiger partial charge in [-0.05, 0) is 92.6 Å². The van der Waals surface area contributed by atoms with Crippen molar-refractivity contribution in [2.24, 2.45) is 11.8 Å². The standard InChI is InChI=1S/C34H47N3O2/c1-34(2,3)30-11-9-28(10-12-30)32(38)37-23-17-31(18-24-37)35-21-15-29(16-22-35)33(39)36-19-13-27(14-20-36)25-26-7-5-4-6-8-26/h4-12,27,29,31H,13-25H2,1-3H3. The lowest BCUT2D eigenvalue weighted by Crippen LogP contribution is -2.51. The molecule has 0 aromatic heterocycles. The number of hydrogen-bond donors (Lipinski definition) is 0. The van der Waals surface area contributed by atoms with Crippen LogP contribution in [0.4, 0.5) is 0 Å². The van der Waals surface area contributed by atoms with Gasteiger partial charge in [-0.2, -0.15) is 0 Å². The van der Waals surface area contributed by atoms with Gasteiger partial charge in [0.25, 0.3) is 5.91 Å². The van der Waals surface area contributed by atoms with Crippen molar-refractivity contribution >= 4 is 11.8 Å². The molecule has 5 nitrogen and oxygen atoms in total. The van der Waals surface area contributed by atoms with Crippen LogP contribution in [-0.2, 0) is 16.6 Å². The first-order valence-corrected chi connectivity index (χ1v) is 15.2. The molecule has 0 bridgehead atoms. The maximum atomic E-state index is 13.3. The maximum absolute atomic E-state index is 13.3. The number of carbonyl (C=O) groups excluding carboxylic acids is 2. The second kappa shape index (κ2) is 12.2. The van der Waals surface area contributed by atoms with Gasteiger partial charge in [0.2, 0.25) is 5.91 Å². The van der Waals surface area contributed by atoms with Crippen LogP contribution in [0.3, 0.4) is 0 Å². The van der Waals surface area contributed by atoms with Gasteiger partial charge in [0.15, 0.2) is 0 Å². The van der Waals surface area contributed by atoms with E-state index in [4.69, 9.17) is 0 Å². The van der Waals surface area contributed by atoms with Crippen LogP contribution in [-0.4, -0.2) is 71.8 Å². The molecule has 0 spiro atoms. The third-order valence-corrected chi connectivity index (χ3v) is 9.44. The molecule has 2 amide bonds. The van der Waals surface area contributed by atoms with Crippen molar-refractivity contribution in [3.05, 3.63) is 71.3 Å². The smallest absolute Gasteiger partial charge is 0.253 e. The first-order chi connectivity index (χ1) is 18.8. The number of carbonyl (C=O) groups is 2. The van der Waals surface area contributed by atoms with E-state index >= 15 is 0 Å². The summed E-state index contributed by atoms with van der Waals surface area (Å²) in [5.41, 5.74) is 3.56. The molecule has 0 unspecified atom stereocenters. The third-order valence-electron chi connectivity index (χ3n) is 9.44. The van der Waals surface area contributed by atoms with Gasteiger partial charge in [0, 0.05) is 43.7 Å². The zero-order valence-corrected chi connectivity index (χ0v) is 24.3. The van der Waals surface area contributed by atoms with E-state index in [2.05, 4.69) is 73.0 Å². The fourth-order valence-electron chi connectivity index (χ4n) is 6.80. The number of piperidine rings is 3. The van der Waals surface area contributed by atoms with E-state index in [1.165, 1.54) is 11.1 Å². The molecule has 3 aliphatic heterocycles. The lowest BCUT2D eigenvalue weighted by atomic mass is 9.86. The van der Waals surface area contributed by atoms with Gasteiger partial charge in [-0.1, -0.05) is 63.2 Å². The first kappa shape index (κ1) is 27.9. The Morgan fingerprint density at radius 1 is 0.718 bits per heavy atom. The predicted octanol–water partition coefficient (Wildman–Crippen LogP) is 5.78. The van der Waals surface area contributed by atoms with Crippen LogP contribution in [0.25, 0.3) is 0 Å². The Hall–Kier alpha value is -2.66. The van der Waals surface area contributed by atoms with Gasteiger partial charge >= 0.3 is 0 Å². The van der Waals surface area contributed by atoms with Gasteiger partial charge in [0.05, 0.1) is 0 Å². The van der Waals surface area contributed by atoms with E-state index in [1.807, 2.05) is 17.0 Å². The number of amides is 2. The molecule has 210 valence electrons. The van der Waals surface area contributed by atoms with E-state index in [0.29, 0.717) is 17.9 Å². The highest BCUT2D eigenvalue weighted by atomic mass is 16.2. The Bertz CT molecular complexity index is 1080. The molecule has 0 radical (unpaired) electrons.